The molecular formula is C18H24N4O. The van der Waals surface area contributed by atoms with Crippen molar-refractivity contribution in [1.82, 2.24) is 15.3 Å². The zero-order valence-electron chi connectivity index (χ0n) is 13.4. The van der Waals surface area contributed by atoms with Crippen LogP contribution in [0.15, 0.2) is 30.6 Å². The lowest BCUT2D eigenvalue weighted by Crippen LogP contribution is -2.44. The van der Waals surface area contributed by atoms with Gasteiger partial charge >= 0.3 is 0 Å². The number of allylic oxidation sites excluding steroid dienone is 2. The third-order valence-corrected chi connectivity index (χ3v) is 5.58. The Hall–Kier alpha value is -1.91. The molecule has 2 fully saturated rings. The number of amides is 1. The number of carbonyl (C=O) groups excluding carboxylic acids is 1. The Morgan fingerprint density at radius 2 is 2.13 bits per heavy atom. The fourth-order valence-corrected chi connectivity index (χ4v) is 4.33. The molecule has 0 spiro atoms. The Bertz CT molecular complexity index is 588. The molecule has 1 aromatic heterocycles. The van der Waals surface area contributed by atoms with Crippen LogP contribution in [0.5, 0.6) is 0 Å². The van der Waals surface area contributed by atoms with E-state index in [1.807, 2.05) is 6.07 Å². The predicted octanol–water partition coefficient (Wildman–Crippen LogP) is 2.02. The third-order valence-electron chi connectivity index (χ3n) is 5.58. The molecule has 23 heavy (non-hydrogen) atoms. The molecular weight excluding hydrogens is 288 g/mol. The number of carbonyl (C=O) groups is 1. The highest BCUT2D eigenvalue weighted by Gasteiger charge is 2.36. The molecule has 5 nitrogen and oxygen atoms in total. The maximum atomic E-state index is 12.5. The molecule has 5 heteroatoms. The fraction of sp³-hybridized carbons (Fsp3) is 0.611. The summed E-state index contributed by atoms with van der Waals surface area (Å²) in [5.74, 6) is 3.11. The Labute approximate surface area is 137 Å². The number of hydrogen-bond acceptors (Lipinski definition) is 4. The highest BCUT2D eigenvalue weighted by atomic mass is 16.1. The molecule has 1 amide bonds. The minimum Gasteiger partial charge on any atom is -0.356 e. The first kappa shape index (κ1) is 14.7. The van der Waals surface area contributed by atoms with E-state index in [4.69, 9.17) is 0 Å². The molecule has 1 N–H and O–H groups in total. The van der Waals surface area contributed by atoms with Crippen LogP contribution in [0.2, 0.25) is 0 Å². The second kappa shape index (κ2) is 6.30. The molecule has 4 rings (SSSR count). The topological polar surface area (TPSA) is 58.1 Å². The molecule has 0 unspecified atom stereocenters. The molecule has 0 aromatic carbocycles. The Kier molecular flexibility index (Phi) is 4.02. The summed E-state index contributed by atoms with van der Waals surface area (Å²) < 4.78 is 0. The van der Waals surface area contributed by atoms with Gasteiger partial charge in [0.25, 0.3) is 0 Å². The normalized spacial score (nSPS) is 32.3. The Morgan fingerprint density at radius 1 is 1.26 bits per heavy atom. The van der Waals surface area contributed by atoms with Crippen LogP contribution >= 0.6 is 0 Å². The van der Waals surface area contributed by atoms with Crippen molar-refractivity contribution in [3.8, 4) is 0 Å². The highest BCUT2D eigenvalue weighted by Crippen LogP contribution is 2.43. The van der Waals surface area contributed by atoms with Crippen LogP contribution in [0.3, 0.4) is 0 Å². The largest absolute Gasteiger partial charge is 0.356 e. The zero-order chi connectivity index (χ0) is 15.6. The van der Waals surface area contributed by atoms with Gasteiger partial charge < -0.3 is 10.2 Å². The van der Waals surface area contributed by atoms with Crippen LogP contribution in [-0.4, -0.2) is 35.5 Å². The van der Waals surface area contributed by atoms with Crippen molar-refractivity contribution in [3.63, 3.8) is 0 Å². The maximum Gasteiger partial charge on any atom is 0.225 e. The van der Waals surface area contributed by atoms with Crippen molar-refractivity contribution in [2.75, 3.05) is 24.5 Å². The van der Waals surface area contributed by atoms with E-state index in [2.05, 4.69) is 32.3 Å². The lowest BCUT2D eigenvalue weighted by Gasteiger charge is -2.32. The maximum absolute atomic E-state index is 12.5. The van der Waals surface area contributed by atoms with Gasteiger partial charge in [0.2, 0.25) is 11.9 Å². The first-order valence-corrected chi connectivity index (χ1v) is 8.77. The van der Waals surface area contributed by atoms with E-state index in [1.165, 1.54) is 12.8 Å². The number of nitrogens with zero attached hydrogens (tertiary/aromatic N) is 3. The van der Waals surface area contributed by atoms with E-state index in [0.717, 1.165) is 44.3 Å². The predicted molar refractivity (Wildman–Crippen MR) is 88.8 cm³/mol. The van der Waals surface area contributed by atoms with Gasteiger partial charge in [-0.05, 0) is 49.5 Å². The minimum absolute atomic E-state index is 0.0571. The van der Waals surface area contributed by atoms with Crippen molar-refractivity contribution in [2.45, 2.75) is 25.7 Å². The van der Waals surface area contributed by atoms with Crippen LogP contribution in [0, 0.1) is 23.7 Å². The summed E-state index contributed by atoms with van der Waals surface area (Å²) in [6.07, 6.45) is 12.7. The standard InChI is InChI=1S/C18H24N4O/c23-17(21-11-16-10-13-4-5-14(16)9-13)15-3-1-8-22(12-15)18-19-6-2-7-20-18/h2,4-7,13-16H,1,3,8-12H2,(H,21,23)/t13-,14+,15+,16-/m1/s1. The second-order valence-corrected chi connectivity index (χ2v) is 7.12. The van der Waals surface area contributed by atoms with Gasteiger partial charge in [-0.3, -0.25) is 4.79 Å². The van der Waals surface area contributed by atoms with Gasteiger partial charge in [-0.25, -0.2) is 9.97 Å². The van der Waals surface area contributed by atoms with Crippen LogP contribution in [0.1, 0.15) is 25.7 Å². The minimum atomic E-state index is 0.0571. The molecule has 0 radical (unpaired) electrons. The first-order valence-electron chi connectivity index (χ1n) is 8.77. The van der Waals surface area contributed by atoms with Gasteiger partial charge in [-0.1, -0.05) is 12.2 Å². The molecule has 2 bridgehead atoms. The SMILES string of the molecule is O=C(NC[C@H]1C[C@@H]2C=C[C@H]1C2)[C@H]1CCCN(c2ncccn2)C1. The van der Waals surface area contributed by atoms with Crippen LogP contribution < -0.4 is 10.2 Å². The van der Waals surface area contributed by atoms with Gasteiger partial charge in [0.15, 0.2) is 0 Å². The molecule has 1 saturated carbocycles. The van der Waals surface area contributed by atoms with Crippen LogP contribution in [0.4, 0.5) is 5.95 Å². The Morgan fingerprint density at radius 3 is 2.87 bits per heavy atom. The molecule has 2 aliphatic carbocycles. The highest BCUT2D eigenvalue weighted by molar-refractivity contribution is 5.79. The summed E-state index contributed by atoms with van der Waals surface area (Å²) in [6.45, 7) is 2.50. The lowest BCUT2D eigenvalue weighted by molar-refractivity contribution is -0.125. The van der Waals surface area contributed by atoms with E-state index in [9.17, 15) is 4.79 Å². The summed E-state index contributed by atoms with van der Waals surface area (Å²) in [5.41, 5.74) is 0. The van der Waals surface area contributed by atoms with E-state index in [0.29, 0.717) is 11.8 Å². The molecule has 4 atom stereocenters. The summed E-state index contributed by atoms with van der Waals surface area (Å²) in [4.78, 5) is 23.3. The number of hydrogen-bond donors (Lipinski definition) is 1. The van der Waals surface area contributed by atoms with Gasteiger partial charge in [-0.15, -0.1) is 0 Å². The van der Waals surface area contributed by atoms with Crippen molar-refractivity contribution in [3.05, 3.63) is 30.6 Å². The quantitative estimate of drug-likeness (QED) is 0.864. The number of anilines is 1. The smallest absolute Gasteiger partial charge is 0.225 e. The average Bonchev–Trinajstić information content (AvgIpc) is 3.23. The molecule has 1 saturated heterocycles. The third kappa shape index (κ3) is 3.09. The molecule has 1 aromatic rings. The van der Waals surface area contributed by atoms with Gasteiger partial charge in [0, 0.05) is 32.0 Å². The van der Waals surface area contributed by atoms with Crippen molar-refractivity contribution in [1.29, 1.82) is 0 Å². The van der Waals surface area contributed by atoms with E-state index < -0.39 is 0 Å². The van der Waals surface area contributed by atoms with Gasteiger partial charge in [0.1, 0.15) is 0 Å². The second-order valence-electron chi connectivity index (χ2n) is 7.12. The number of rotatable bonds is 4. The van der Waals surface area contributed by atoms with Gasteiger partial charge in [0.05, 0.1) is 5.92 Å². The summed E-state index contributed by atoms with van der Waals surface area (Å²) in [5, 5.41) is 3.21. The summed E-state index contributed by atoms with van der Waals surface area (Å²) >= 11 is 0. The van der Waals surface area contributed by atoms with Crippen molar-refractivity contribution in [2.24, 2.45) is 23.7 Å². The van der Waals surface area contributed by atoms with E-state index in [-0.39, 0.29) is 11.8 Å². The number of piperidine rings is 1. The molecule has 1 aliphatic heterocycles. The van der Waals surface area contributed by atoms with E-state index >= 15 is 0 Å². The van der Waals surface area contributed by atoms with Crippen molar-refractivity contribution < 1.29 is 4.79 Å². The number of nitrogens with one attached hydrogen (secondary N) is 1. The monoisotopic (exact) mass is 312 g/mol. The number of aromatic nitrogens is 2. The fourth-order valence-electron chi connectivity index (χ4n) is 4.33. The van der Waals surface area contributed by atoms with E-state index in [1.54, 1.807) is 12.4 Å². The number of fused-ring (bicyclic) bond motifs is 2. The average molecular weight is 312 g/mol. The first-order chi connectivity index (χ1) is 11.3. The lowest BCUT2D eigenvalue weighted by atomic mass is 9.92. The summed E-state index contributed by atoms with van der Waals surface area (Å²) in [7, 11) is 0. The van der Waals surface area contributed by atoms with Crippen molar-refractivity contribution >= 4 is 11.9 Å². The Balaban J connectivity index is 1.30. The van der Waals surface area contributed by atoms with Gasteiger partial charge in [-0.2, -0.15) is 0 Å². The van der Waals surface area contributed by atoms with Crippen LogP contribution in [0.25, 0.3) is 0 Å². The zero-order valence-corrected chi connectivity index (χ0v) is 13.4. The molecule has 3 aliphatic rings. The molecule has 2 heterocycles. The van der Waals surface area contributed by atoms with Crippen LogP contribution in [-0.2, 0) is 4.79 Å². The summed E-state index contributed by atoms with van der Waals surface area (Å²) in [6, 6.07) is 1.82. The molecule has 122 valence electrons.